The number of ketones is 2. The summed E-state index contributed by atoms with van der Waals surface area (Å²) >= 11 is 0. The van der Waals surface area contributed by atoms with Gasteiger partial charge in [0.1, 0.15) is 6.17 Å². The minimum Gasteiger partial charge on any atom is -0.447 e. The molecule has 42 heavy (non-hydrogen) atoms. The van der Waals surface area contributed by atoms with Gasteiger partial charge in [-0.05, 0) is 88.9 Å². The molecule has 0 aromatic heterocycles. The van der Waals surface area contributed by atoms with Crippen molar-refractivity contribution < 1.29 is 47.3 Å². The number of amides is 1. The predicted molar refractivity (Wildman–Crippen MR) is 146 cm³/mol. The number of carbonyl (C=O) groups is 4. The second-order valence-corrected chi connectivity index (χ2v) is 13.7. The van der Waals surface area contributed by atoms with Crippen molar-refractivity contribution in [2.24, 2.45) is 34.0 Å². The first-order valence-electron chi connectivity index (χ1n) is 14.8. The highest BCUT2D eigenvalue weighted by Gasteiger charge is 2.78. The number of aliphatic hydroxyl groups is 1. The second-order valence-electron chi connectivity index (χ2n) is 13.7. The van der Waals surface area contributed by atoms with E-state index in [1.165, 1.54) is 24.0 Å². The van der Waals surface area contributed by atoms with Gasteiger partial charge >= 0.3 is 12.2 Å². The Morgan fingerprint density at radius 1 is 1.10 bits per heavy atom. The minimum atomic E-state index is -2.29. The lowest BCUT2D eigenvalue weighted by Crippen LogP contribution is -2.69. The minimum absolute atomic E-state index is 0.0278. The normalized spacial score (nSPS) is 42.0. The van der Waals surface area contributed by atoms with Crippen LogP contribution in [0.5, 0.6) is 0 Å². The number of allylic oxidation sites excluding steroid dienone is 4. The van der Waals surface area contributed by atoms with E-state index in [9.17, 15) is 24.3 Å². The van der Waals surface area contributed by atoms with Gasteiger partial charge in [0.25, 0.3) is 0 Å². The molecule has 1 aliphatic heterocycles. The van der Waals surface area contributed by atoms with E-state index in [1.807, 2.05) is 6.92 Å². The number of carbonyl (C=O) groups excluding carboxylic acids is 4. The molecule has 1 saturated heterocycles. The van der Waals surface area contributed by atoms with Gasteiger partial charge in [0.05, 0.1) is 23.7 Å². The summed E-state index contributed by atoms with van der Waals surface area (Å²) < 4.78 is 49.1. The highest BCUT2D eigenvalue weighted by molar-refractivity contribution is 6.01. The molecule has 1 heterocycles. The second kappa shape index (κ2) is 10.1. The molecular formula is C31H41F2NO8. The number of aliphatic hydroxyl groups excluding tert-OH is 1. The largest absolute Gasteiger partial charge is 0.508 e. The Morgan fingerprint density at radius 3 is 2.40 bits per heavy atom. The maximum Gasteiger partial charge on any atom is 0.508 e. The zero-order chi connectivity index (χ0) is 31.0. The van der Waals surface area contributed by atoms with Crippen LogP contribution in [0.3, 0.4) is 0 Å². The van der Waals surface area contributed by atoms with Crippen molar-refractivity contribution in [1.29, 1.82) is 0 Å². The van der Waals surface area contributed by atoms with E-state index in [4.69, 9.17) is 14.2 Å². The molecule has 0 aromatic carbocycles. The number of alkyl halides is 2. The molecule has 11 heteroatoms. The zero-order valence-corrected chi connectivity index (χ0v) is 25.0. The summed E-state index contributed by atoms with van der Waals surface area (Å²) in [5.41, 5.74) is -6.19. The van der Waals surface area contributed by atoms with E-state index in [2.05, 4.69) is 0 Å². The summed E-state index contributed by atoms with van der Waals surface area (Å²) in [5.74, 6) is -2.86. The molecule has 1 amide bonds. The number of ether oxygens (including phenoxy) is 3. The third-order valence-electron chi connectivity index (χ3n) is 10.9. The van der Waals surface area contributed by atoms with E-state index < -0.39 is 94.6 Å². The number of Topliss-reactive ketones (excluding diaryl/α,β-unsaturated/α-hetero) is 1. The van der Waals surface area contributed by atoms with Crippen LogP contribution in [-0.2, 0) is 23.8 Å². The van der Waals surface area contributed by atoms with Crippen LogP contribution in [0.1, 0.15) is 60.8 Å². The Hall–Kier alpha value is -2.82. The Morgan fingerprint density at radius 2 is 1.76 bits per heavy atom. The van der Waals surface area contributed by atoms with Crippen molar-refractivity contribution in [3.63, 3.8) is 0 Å². The fourth-order valence-corrected chi connectivity index (χ4v) is 9.18. The summed E-state index contributed by atoms with van der Waals surface area (Å²) in [5, 5.41) is 11.7. The Balaban J connectivity index is 1.55. The molecule has 3 saturated carbocycles. The van der Waals surface area contributed by atoms with Crippen LogP contribution in [0.2, 0.25) is 0 Å². The standard InChI is InChI=1S/C31H41F2NO8/c1-16(2)41-26(38)34-13-18-9-20-21-11-23(32)22-10-19(35)7-8-28(22,5)31(21,33)24(36)12-29(20,6)30(18,15-34)25(37)14-40-27(39)42-17(3)4/h7-8,10,16-18,20-21,23-24,36H,9,11-15H2,1-6H3/t18-,20-,21-,23-,24-,28-,29-,30+,31-/m0/s1. The summed E-state index contributed by atoms with van der Waals surface area (Å²) in [6, 6.07) is 0. The maximum absolute atomic E-state index is 17.6. The van der Waals surface area contributed by atoms with Crippen LogP contribution in [0.15, 0.2) is 23.8 Å². The monoisotopic (exact) mass is 593 g/mol. The molecule has 0 bridgehead atoms. The van der Waals surface area contributed by atoms with Gasteiger partial charge in [-0.1, -0.05) is 13.0 Å². The maximum atomic E-state index is 17.6. The van der Waals surface area contributed by atoms with Crippen LogP contribution in [0.25, 0.3) is 0 Å². The number of hydrogen-bond acceptors (Lipinski definition) is 8. The molecule has 4 aliphatic carbocycles. The lowest BCUT2D eigenvalue weighted by Gasteiger charge is -2.63. The van der Waals surface area contributed by atoms with Crippen molar-refractivity contribution in [3.8, 4) is 0 Å². The highest BCUT2D eigenvalue weighted by atomic mass is 19.1. The van der Waals surface area contributed by atoms with Gasteiger partial charge in [-0.3, -0.25) is 9.59 Å². The first kappa shape index (κ1) is 30.6. The Bertz CT molecular complexity index is 1250. The van der Waals surface area contributed by atoms with Gasteiger partial charge < -0.3 is 24.2 Å². The summed E-state index contributed by atoms with van der Waals surface area (Å²) in [4.78, 5) is 53.0. The highest BCUT2D eigenvalue weighted by Crippen LogP contribution is 2.74. The van der Waals surface area contributed by atoms with Gasteiger partial charge in [0.15, 0.2) is 23.8 Å². The topological polar surface area (TPSA) is 119 Å². The molecule has 0 unspecified atom stereocenters. The van der Waals surface area contributed by atoms with Crippen molar-refractivity contribution in [3.05, 3.63) is 23.8 Å². The number of nitrogens with zero attached hydrogens (tertiary/aromatic N) is 1. The number of hydrogen-bond donors (Lipinski definition) is 1. The van der Waals surface area contributed by atoms with Crippen molar-refractivity contribution in [1.82, 2.24) is 4.90 Å². The van der Waals surface area contributed by atoms with E-state index >= 15 is 8.78 Å². The first-order valence-corrected chi connectivity index (χ1v) is 14.8. The number of fused-ring (bicyclic) bond motifs is 7. The molecule has 5 aliphatic rings. The molecule has 9 atom stereocenters. The first-order chi connectivity index (χ1) is 19.5. The van der Waals surface area contributed by atoms with Crippen molar-refractivity contribution in [2.75, 3.05) is 19.7 Å². The van der Waals surface area contributed by atoms with Gasteiger partial charge in [-0.25, -0.2) is 18.4 Å². The molecule has 9 nitrogen and oxygen atoms in total. The molecular weight excluding hydrogens is 552 g/mol. The molecule has 0 radical (unpaired) electrons. The Kier molecular flexibility index (Phi) is 7.39. The molecule has 1 N–H and O–H groups in total. The lowest BCUT2D eigenvalue weighted by atomic mass is 9.43. The average molecular weight is 594 g/mol. The van der Waals surface area contributed by atoms with Gasteiger partial charge in [-0.15, -0.1) is 0 Å². The van der Waals surface area contributed by atoms with E-state index in [1.54, 1.807) is 27.7 Å². The number of rotatable bonds is 5. The third-order valence-corrected chi connectivity index (χ3v) is 10.9. The number of halogens is 2. The summed E-state index contributed by atoms with van der Waals surface area (Å²) in [6.07, 6.45) is -2.01. The van der Waals surface area contributed by atoms with Crippen LogP contribution in [0, 0.1) is 34.0 Å². The van der Waals surface area contributed by atoms with Crippen LogP contribution in [0.4, 0.5) is 18.4 Å². The van der Waals surface area contributed by atoms with Gasteiger partial charge in [-0.2, -0.15) is 0 Å². The van der Waals surface area contributed by atoms with Crippen molar-refractivity contribution in [2.45, 2.75) is 91.0 Å². The lowest BCUT2D eigenvalue weighted by molar-refractivity contribution is -0.211. The quantitative estimate of drug-likeness (QED) is 0.463. The van der Waals surface area contributed by atoms with E-state index in [-0.39, 0.29) is 31.5 Å². The Labute approximate surface area is 244 Å². The fraction of sp³-hybridized carbons (Fsp3) is 0.742. The smallest absolute Gasteiger partial charge is 0.447 e. The van der Waals surface area contributed by atoms with Crippen LogP contribution < -0.4 is 0 Å². The van der Waals surface area contributed by atoms with E-state index in [0.717, 1.165) is 6.08 Å². The molecule has 4 fully saturated rings. The summed E-state index contributed by atoms with van der Waals surface area (Å²) in [7, 11) is 0. The average Bonchev–Trinajstić information content (AvgIpc) is 3.38. The SMILES string of the molecule is CC(C)OC(=O)OCC(=O)[C@@]12CN(C(=O)OC(C)C)C[C@@H]1C[C@H]1[C@@H]3C[C@H](F)C4=CC(=O)C=C[C@]4(C)[C@@]3(F)[C@@H](O)C[C@@]12C. The predicted octanol–water partition coefficient (Wildman–Crippen LogP) is 4.51. The van der Waals surface area contributed by atoms with Crippen LogP contribution in [-0.4, -0.2) is 83.7 Å². The molecule has 232 valence electrons. The molecule has 0 spiro atoms. The van der Waals surface area contributed by atoms with Crippen molar-refractivity contribution >= 4 is 23.8 Å². The number of likely N-dealkylation sites (tertiary alicyclic amines) is 1. The fourth-order valence-electron chi connectivity index (χ4n) is 9.18. The van der Waals surface area contributed by atoms with Gasteiger partial charge in [0, 0.05) is 24.4 Å². The molecule has 5 rings (SSSR count). The molecule has 0 aromatic rings. The third kappa shape index (κ3) is 4.16. The van der Waals surface area contributed by atoms with Gasteiger partial charge in [0.2, 0.25) is 0 Å². The summed E-state index contributed by atoms with van der Waals surface area (Å²) in [6.45, 7) is 9.51. The van der Waals surface area contributed by atoms with Crippen LogP contribution >= 0.6 is 0 Å². The zero-order valence-electron chi connectivity index (χ0n) is 25.0. The van der Waals surface area contributed by atoms with E-state index in [0.29, 0.717) is 6.42 Å².